The SMILES string of the molecule is CN[C@H]1CCC(=O)N(C)C1. The van der Waals surface area contributed by atoms with Crippen molar-refractivity contribution in [2.75, 3.05) is 20.6 Å². The summed E-state index contributed by atoms with van der Waals surface area (Å²) in [7, 11) is 3.79. The molecule has 0 bridgehead atoms. The lowest BCUT2D eigenvalue weighted by Crippen LogP contribution is -2.45. The molecule has 3 heteroatoms. The fraction of sp³-hybridized carbons (Fsp3) is 0.857. The average molecular weight is 142 g/mol. The molecule has 1 amide bonds. The van der Waals surface area contributed by atoms with Crippen LogP contribution >= 0.6 is 0 Å². The molecule has 1 heterocycles. The highest BCUT2D eigenvalue weighted by Crippen LogP contribution is 2.08. The lowest BCUT2D eigenvalue weighted by atomic mass is 10.1. The van der Waals surface area contributed by atoms with Crippen molar-refractivity contribution in [3.05, 3.63) is 0 Å². The van der Waals surface area contributed by atoms with Gasteiger partial charge in [0.25, 0.3) is 0 Å². The van der Waals surface area contributed by atoms with Crippen molar-refractivity contribution in [2.24, 2.45) is 0 Å². The molecule has 1 fully saturated rings. The quantitative estimate of drug-likeness (QED) is 0.551. The number of amides is 1. The zero-order chi connectivity index (χ0) is 7.56. The number of hydrogen-bond donors (Lipinski definition) is 1. The third kappa shape index (κ3) is 1.48. The molecule has 0 aromatic heterocycles. The minimum atomic E-state index is 0.270. The molecule has 0 aliphatic carbocycles. The zero-order valence-electron chi connectivity index (χ0n) is 6.55. The molecule has 1 aliphatic heterocycles. The number of likely N-dealkylation sites (N-methyl/N-ethyl adjacent to an activating group) is 2. The summed E-state index contributed by atoms with van der Waals surface area (Å²) in [5.41, 5.74) is 0. The Bertz CT molecular complexity index is 136. The second-order valence-electron chi connectivity index (χ2n) is 2.80. The van der Waals surface area contributed by atoms with Crippen LogP contribution < -0.4 is 5.32 Å². The maximum Gasteiger partial charge on any atom is 0.222 e. The van der Waals surface area contributed by atoms with E-state index in [1.165, 1.54) is 0 Å². The van der Waals surface area contributed by atoms with Gasteiger partial charge >= 0.3 is 0 Å². The van der Waals surface area contributed by atoms with Crippen LogP contribution in [0.3, 0.4) is 0 Å². The van der Waals surface area contributed by atoms with Crippen molar-refractivity contribution >= 4 is 5.91 Å². The maximum absolute atomic E-state index is 11.0. The summed E-state index contributed by atoms with van der Waals surface area (Å²) in [6, 6.07) is 0.502. The number of nitrogens with zero attached hydrogens (tertiary/aromatic N) is 1. The van der Waals surface area contributed by atoms with Crippen LogP contribution in [0.25, 0.3) is 0 Å². The number of rotatable bonds is 1. The van der Waals surface area contributed by atoms with Gasteiger partial charge in [-0.1, -0.05) is 0 Å². The number of carbonyl (C=O) groups is 1. The van der Waals surface area contributed by atoms with Crippen molar-refractivity contribution in [1.29, 1.82) is 0 Å². The molecular formula is C7H14N2O. The minimum absolute atomic E-state index is 0.270. The molecular weight excluding hydrogens is 128 g/mol. The third-order valence-corrected chi connectivity index (χ3v) is 2.03. The molecule has 0 aromatic rings. The first kappa shape index (κ1) is 7.54. The molecule has 0 saturated carbocycles. The van der Waals surface area contributed by atoms with Crippen molar-refractivity contribution in [2.45, 2.75) is 18.9 Å². The second kappa shape index (κ2) is 3.01. The summed E-state index contributed by atoms with van der Waals surface area (Å²) in [5.74, 6) is 0.270. The van der Waals surface area contributed by atoms with Gasteiger partial charge in [-0.05, 0) is 13.5 Å². The molecule has 1 saturated heterocycles. The van der Waals surface area contributed by atoms with Crippen LogP contribution in [0.5, 0.6) is 0 Å². The van der Waals surface area contributed by atoms with Crippen LogP contribution in [0.4, 0.5) is 0 Å². The molecule has 0 aromatic carbocycles. The zero-order valence-corrected chi connectivity index (χ0v) is 6.55. The van der Waals surface area contributed by atoms with Gasteiger partial charge < -0.3 is 10.2 Å². The van der Waals surface area contributed by atoms with Gasteiger partial charge in [-0.2, -0.15) is 0 Å². The highest BCUT2D eigenvalue weighted by atomic mass is 16.2. The van der Waals surface area contributed by atoms with E-state index in [0.717, 1.165) is 13.0 Å². The molecule has 0 spiro atoms. The van der Waals surface area contributed by atoms with Crippen molar-refractivity contribution in [3.63, 3.8) is 0 Å². The Balaban J connectivity index is 2.40. The van der Waals surface area contributed by atoms with Crippen LogP contribution in [0.2, 0.25) is 0 Å². The summed E-state index contributed by atoms with van der Waals surface area (Å²) < 4.78 is 0. The summed E-state index contributed by atoms with van der Waals surface area (Å²) in [6.07, 6.45) is 1.68. The van der Waals surface area contributed by atoms with Gasteiger partial charge in [-0.15, -0.1) is 0 Å². The first-order chi connectivity index (χ1) is 4.74. The predicted molar refractivity (Wildman–Crippen MR) is 39.7 cm³/mol. The predicted octanol–water partition coefficient (Wildman–Crippen LogP) is -0.173. The van der Waals surface area contributed by atoms with E-state index < -0.39 is 0 Å². The molecule has 1 N–H and O–H groups in total. The smallest absolute Gasteiger partial charge is 0.222 e. The molecule has 58 valence electrons. The van der Waals surface area contributed by atoms with Crippen LogP contribution in [-0.2, 0) is 4.79 Å². The largest absolute Gasteiger partial charge is 0.344 e. The van der Waals surface area contributed by atoms with Gasteiger partial charge in [0.05, 0.1) is 0 Å². The summed E-state index contributed by atoms with van der Waals surface area (Å²) >= 11 is 0. The summed E-state index contributed by atoms with van der Waals surface area (Å²) in [4.78, 5) is 12.7. The number of carbonyl (C=O) groups excluding carboxylic acids is 1. The number of likely N-dealkylation sites (tertiary alicyclic amines) is 1. The van der Waals surface area contributed by atoms with Gasteiger partial charge in [0.1, 0.15) is 0 Å². The molecule has 3 nitrogen and oxygen atoms in total. The fourth-order valence-electron chi connectivity index (χ4n) is 1.25. The Morgan fingerprint density at radius 2 is 2.40 bits per heavy atom. The summed E-state index contributed by atoms with van der Waals surface area (Å²) in [5, 5.41) is 3.16. The maximum atomic E-state index is 11.0. The lowest BCUT2D eigenvalue weighted by Gasteiger charge is -2.29. The average Bonchev–Trinajstić information content (AvgIpc) is 1.95. The van der Waals surface area contributed by atoms with Crippen LogP contribution in [0.1, 0.15) is 12.8 Å². The standard InChI is InChI=1S/C7H14N2O/c1-8-6-3-4-7(10)9(2)5-6/h6,8H,3-5H2,1-2H3/t6-/m0/s1. The van der Waals surface area contributed by atoms with Crippen molar-refractivity contribution in [1.82, 2.24) is 10.2 Å². The molecule has 0 unspecified atom stereocenters. The van der Waals surface area contributed by atoms with Gasteiger partial charge in [-0.25, -0.2) is 0 Å². The number of hydrogen-bond acceptors (Lipinski definition) is 2. The Kier molecular flexibility index (Phi) is 2.27. The van der Waals surface area contributed by atoms with Gasteiger partial charge in [0.2, 0.25) is 5.91 Å². The van der Waals surface area contributed by atoms with Gasteiger partial charge in [0, 0.05) is 26.1 Å². The molecule has 10 heavy (non-hydrogen) atoms. The Hall–Kier alpha value is -0.570. The topological polar surface area (TPSA) is 32.3 Å². The Labute approximate surface area is 61.4 Å². The Morgan fingerprint density at radius 3 is 2.90 bits per heavy atom. The van der Waals surface area contributed by atoms with E-state index >= 15 is 0 Å². The van der Waals surface area contributed by atoms with E-state index in [9.17, 15) is 4.79 Å². The fourth-order valence-corrected chi connectivity index (χ4v) is 1.25. The van der Waals surface area contributed by atoms with Crippen molar-refractivity contribution < 1.29 is 4.79 Å². The minimum Gasteiger partial charge on any atom is -0.344 e. The third-order valence-electron chi connectivity index (χ3n) is 2.03. The van der Waals surface area contributed by atoms with E-state index in [2.05, 4.69) is 5.32 Å². The molecule has 1 atom stereocenters. The van der Waals surface area contributed by atoms with E-state index in [-0.39, 0.29) is 5.91 Å². The van der Waals surface area contributed by atoms with E-state index in [1.807, 2.05) is 14.1 Å². The van der Waals surface area contributed by atoms with E-state index in [4.69, 9.17) is 0 Å². The van der Waals surface area contributed by atoms with Crippen LogP contribution in [-0.4, -0.2) is 37.5 Å². The second-order valence-corrected chi connectivity index (χ2v) is 2.80. The number of piperidine rings is 1. The normalized spacial score (nSPS) is 27.2. The monoisotopic (exact) mass is 142 g/mol. The number of nitrogens with one attached hydrogen (secondary N) is 1. The van der Waals surface area contributed by atoms with E-state index in [0.29, 0.717) is 12.5 Å². The first-order valence-electron chi connectivity index (χ1n) is 3.65. The van der Waals surface area contributed by atoms with Gasteiger partial charge in [-0.3, -0.25) is 4.79 Å². The molecule has 0 radical (unpaired) electrons. The Morgan fingerprint density at radius 1 is 1.70 bits per heavy atom. The van der Waals surface area contributed by atoms with Crippen LogP contribution in [0.15, 0.2) is 0 Å². The first-order valence-corrected chi connectivity index (χ1v) is 3.65. The van der Waals surface area contributed by atoms with E-state index in [1.54, 1.807) is 4.90 Å². The summed E-state index contributed by atoms with van der Waals surface area (Å²) in [6.45, 7) is 0.856. The van der Waals surface area contributed by atoms with Gasteiger partial charge in [0.15, 0.2) is 0 Å². The lowest BCUT2D eigenvalue weighted by molar-refractivity contribution is -0.132. The highest BCUT2D eigenvalue weighted by molar-refractivity contribution is 5.76. The van der Waals surface area contributed by atoms with Crippen molar-refractivity contribution in [3.8, 4) is 0 Å². The highest BCUT2D eigenvalue weighted by Gasteiger charge is 2.20. The van der Waals surface area contributed by atoms with Crippen LogP contribution in [0, 0.1) is 0 Å². The molecule has 1 rings (SSSR count). The molecule has 1 aliphatic rings.